The van der Waals surface area contributed by atoms with Gasteiger partial charge < -0.3 is 16.4 Å². The number of aromatic nitrogens is 1. The van der Waals surface area contributed by atoms with Crippen molar-refractivity contribution in [1.29, 1.82) is 0 Å². The SMILES string of the molecule is CNC(=O)CCNC(=O)c1cnccc1N.Cl. The first-order chi connectivity index (χ1) is 7.65. The van der Waals surface area contributed by atoms with Crippen LogP contribution in [0.5, 0.6) is 0 Å². The summed E-state index contributed by atoms with van der Waals surface area (Å²) in [5.74, 6) is -0.450. The molecule has 7 heteroatoms. The molecule has 0 radical (unpaired) electrons. The Kier molecular flexibility index (Phi) is 6.65. The third-order valence-electron chi connectivity index (χ3n) is 2.02. The number of rotatable bonds is 4. The second-order valence-corrected chi connectivity index (χ2v) is 3.14. The number of pyridine rings is 1. The van der Waals surface area contributed by atoms with E-state index in [1.165, 1.54) is 12.4 Å². The number of hydrogen-bond donors (Lipinski definition) is 3. The van der Waals surface area contributed by atoms with Crippen molar-refractivity contribution in [3.63, 3.8) is 0 Å². The molecule has 0 aliphatic heterocycles. The van der Waals surface area contributed by atoms with Crippen LogP contribution in [0, 0.1) is 0 Å². The highest BCUT2D eigenvalue weighted by Crippen LogP contribution is 2.07. The molecule has 2 amide bonds. The number of hydrogen-bond acceptors (Lipinski definition) is 4. The van der Waals surface area contributed by atoms with Gasteiger partial charge in [0.05, 0.1) is 5.56 Å². The minimum atomic E-state index is -0.325. The first-order valence-electron chi connectivity index (χ1n) is 4.83. The van der Waals surface area contributed by atoms with Crippen molar-refractivity contribution >= 4 is 29.9 Å². The maximum absolute atomic E-state index is 11.6. The number of nitrogens with one attached hydrogen (secondary N) is 2. The van der Waals surface area contributed by atoms with Crippen LogP contribution in [0.4, 0.5) is 5.69 Å². The summed E-state index contributed by atoms with van der Waals surface area (Å²) in [5, 5.41) is 5.05. The van der Waals surface area contributed by atoms with E-state index < -0.39 is 0 Å². The van der Waals surface area contributed by atoms with Gasteiger partial charge in [0.15, 0.2) is 0 Å². The number of carbonyl (C=O) groups excluding carboxylic acids is 2. The maximum Gasteiger partial charge on any atom is 0.254 e. The Hall–Kier alpha value is -1.82. The van der Waals surface area contributed by atoms with Crippen molar-refractivity contribution in [3.8, 4) is 0 Å². The Labute approximate surface area is 105 Å². The molecule has 17 heavy (non-hydrogen) atoms. The van der Waals surface area contributed by atoms with E-state index in [9.17, 15) is 9.59 Å². The molecule has 1 rings (SSSR count). The van der Waals surface area contributed by atoms with E-state index in [1.54, 1.807) is 13.1 Å². The average Bonchev–Trinajstić information content (AvgIpc) is 2.29. The molecule has 0 spiro atoms. The molecular formula is C10H15ClN4O2. The quantitative estimate of drug-likeness (QED) is 0.705. The lowest BCUT2D eigenvalue weighted by Gasteiger charge is -2.06. The Morgan fingerprint density at radius 3 is 2.76 bits per heavy atom. The van der Waals surface area contributed by atoms with E-state index in [-0.39, 0.29) is 37.2 Å². The first-order valence-corrected chi connectivity index (χ1v) is 4.83. The fourth-order valence-corrected chi connectivity index (χ4v) is 1.10. The highest BCUT2D eigenvalue weighted by Gasteiger charge is 2.09. The van der Waals surface area contributed by atoms with Crippen molar-refractivity contribution in [2.75, 3.05) is 19.3 Å². The molecule has 1 heterocycles. The van der Waals surface area contributed by atoms with Gasteiger partial charge in [0, 0.05) is 38.1 Å². The number of nitrogens with two attached hydrogens (primary N) is 1. The topological polar surface area (TPSA) is 97.1 Å². The summed E-state index contributed by atoms with van der Waals surface area (Å²) in [6.45, 7) is 0.271. The van der Waals surface area contributed by atoms with Crippen molar-refractivity contribution in [2.45, 2.75) is 6.42 Å². The highest BCUT2D eigenvalue weighted by molar-refractivity contribution is 5.98. The van der Waals surface area contributed by atoms with Crippen LogP contribution < -0.4 is 16.4 Å². The van der Waals surface area contributed by atoms with Crippen LogP contribution in [0.2, 0.25) is 0 Å². The van der Waals surface area contributed by atoms with Gasteiger partial charge in [0.1, 0.15) is 0 Å². The average molecular weight is 259 g/mol. The molecule has 4 N–H and O–H groups in total. The van der Waals surface area contributed by atoms with Gasteiger partial charge in [-0.2, -0.15) is 0 Å². The fraction of sp³-hybridized carbons (Fsp3) is 0.300. The highest BCUT2D eigenvalue weighted by atomic mass is 35.5. The van der Waals surface area contributed by atoms with Crippen LogP contribution in [0.1, 0.15) is 16.8 Å². The van der Waals surface area contributed by atoms with Gasteiger partial charge in [-0.25, -0.2) is 0 Å². The molecule has 0 aromatic carbocycles. The first kappa shape index (κ1) is 15.2. The third kappa shape index (κ3) is 4.69. The molecule has 0 fully saturated rings. The molecule has 0 saturated carbocycles. The molecule has 0 aliphatic rings. The molecule has 1 aromatic rings. The lowest BCUT2D eigenvalue weighted by Crippen LogP contribution is -2.29. The van der Waals surface area contributed by atoms with Crippen LogP contribution in [0.3, 0.4) is 0 Å². The molecule has 0 saturated heterocycles. The normalized spacial score (nSPS) is 9.00. The molecule has 0 unspecified atom stereocenters. The lowest BCUT2D eigenvalue weighted by molar-refractivity contribution is -0.120. The van der Waals surface area contributed by atoms with Gasteiger partial charge >= 0.3 is 0 Å². The summed E-state index contributed by atoms with van der Waals surface area (Å²) < 4.78 is 0. The lowest BCUT2D eigenvalue weighted by atomic mass is 10.2. The van der Waals surface area contributed by atoms with Gasteiger partial charge in [-0.15, -0.1) is 12.4 Å². The second kappa shape index (κ2) is 7.45. The zero-order valence-electron chi connectivity index (χ0n) is 9.40. The number of carbonyl (C=O) groups is 2. The molecule has 1 aromatic heterocycles. The molecule has 94 valence electrons. The predicted octanol–water partition coefficient (Wildman–Crippen LogP) is -0.0485. The van der Waals surface area contributed by atoms with Crippen LogP contribution in [-0.4, -0.2) is 30.4 Å². The van der Waals surface area contributed by atoms with E-state index in [0.29, 0.717) is 11.3 Å². The Morgan fingerprint density at radius 1 is 1.47 bits per heavy atom. The molecule has 0 aliphatic carbocycles. The summed E-state index contributed by atoms with van der Waals surface area (Å²) in [4.78, 5) is 26.3. The number of halogens is 1. The molecular weight excluding hydrogens is 244 g/mol. The predicted molar refractivity (Wildman–Crippen MR) is 66.9 cm³/mol. The van der Waals surface area contributed by atoms with E-state index in [0.717, 1.165) is 0 Å². The monoisotopic (exact) mass is 258 g/mol. The Balaban J connectivity index is 0.00000256. The van der Waals surface area contributed by atoms with Crippen molar-refractivity contribution in [1.82, 2.24) is 15.6 Å². The smallest absolute Gasteiger partial charge is 0.254 e. The summed E-state index contributed by atoms with van der Waals surface area (Å²) in [5.41, 5.74) is 6.29. The molecule has 6 nitrogen and oxygen atoms in total. The van der Waals surface area contributed by atoms with Gasteiger partial charge in [0.25, 0.3) is 5.91 Å². The maximum atomic E-state index is 11.6. The number of nitrogen functional groups attached to an aromatic ring is 1. The number of nitrogens with zero attached hydrogens (tertiary/aromatic N) is 1. The summed E-state index contributed by atoms with van der Waals surface area (Å²) in [7, 11) is 1.54. The van der Waals surface area contributed by atoms with Gasteiger partial charge in [0.2, 0.25) is 5.91 Å². The number of amides is 2. The van der Waals surface area contributed by atoms with E-state index in [2.05, 4.69) is 15.6 Å². The van der Waals surface area contributed by atoms with Crippen molar-refractivity contribution in [3.05, 3.63) is 24.0 Å². The Bertz CT molecular complexity index is 398. The van der Waals surface area contributed by atoms with Crippen molar-refractivity contribution in [2.24, 2.45) is 0 Å². The van der Waals surface area contributed by atoms with Gasteiger partial charge in [-0.3, -0.25) is 14.6 Å². The van der Waals surface area contributed by atoms with Crippen molar-refractivity contribution < 1.29 is 9.59 Å². The minimum Gasteiger partial charge on any atom is -0.398 e. The standard InChI is InChI=1S/C10H14N4O2.ClH/c1-12-9(15)3-5-14-10(16)7-6-13-4-2-8(7)11;/h2,4,6H,3,5H2,1H3,(H2,11,13)(H,12,15)(H,14,16);1H. The van der Waals surface area contributed by atoms with Crippen LogP contribution in [0.15, 0.2) is 18.5 Å². The summed E-state index contributed by atoms with van der Waals surface area (Å²) >= 11 is 0. The number of anilines is 1. The zero-order chi connectivity index (χ0) is 12.0. The van der Waals surface area contributed by atoms with Crippen LogP contribution in [-0.2, 0) is 4.79 Å². The van der Waals surface area contributed by atoms with Crippen LogP contribution >= 0.6 is 12.4 Å². The largest absolute Gasteiger partial charge is 0.398 e. The fourth-order valence-electron chi connectivity index (χ4n) is 1.10. The molecule has 0 atom stereocenters. The van der Waals surface area contributed by atoms with Crippen LogP contribution in [0.25, 0.3) is 0 Å². The summed E-state index contributed by atoms with van der Waals surface area (Å²) in [6, 6.07) is 1.55. The van der Waals surface area contributed by atoms with Gasteiger partial charge in [-0.1, -0.05) is 0 Å². The summed E-state index contributed by atoms with van der Waals surface area (Å²) in [6.07, 6.45) is 3.14. The van der Waals surface area contributed by atoms with Gasteiger partial charge in [-0.05, 0) is 6.07 Å². The molecule has 0 bridgehead atoms. The van der Waals surface area contributed by atoms with E-state index in [4.69, 9.17) is 5.73 Å². The van der Waals surface area contributed by atoms with E-state index in [1.807, 2.05) is 0 Å². The van der Waals surface area contributed by atoms with E-state index >= 15 is 0 Å². The third-order valence-corrected chi connectivity index (χ3v) is 2.02. The minimum absolute atomic E-state index is 0. The second-order valence-electron chi connectivity index (χ2n) is 3.14. The zero-order valence-corrected chi connectivity index (χ0v) is 10.2. The Morgan fingerprint density at radius 2 is 2.18 bits per heavy atom.